The van der Waals surface area contributed by atoms with Crippen LogP contribution in [0.4, 0.5) is 5.69 Å². The average Bonchev–Trinajstić information content (AvgIpc) is 3.54. The molecular weight excluding hydrogens is 466 g/mol. The van der Waals surface area contributed by atoms with Crippen molar-refractivity contribution in [3.63, 3.8) is 0 Å². The van der Waals surface area contributed by atoms with Gasteiger partial charge in [-0.25, -0.2) is 8.42 Å². The highest BCUT2D eigenvalue weighted by Crippen LogP contribution is 2.35. The fourth-order valence-electron chi connectivity index (χ4n) is 3.32. The third-order valence-corrected chi connectivity index (χ3v) is 7.57. The number of hydrogen-bond donors (Lipinski definition) is 0. The number of methoxy groups -OCH3 is 1. The fraction of sp³-hybridized carbons (Fsp3) is 0.182. The average molecular weight is 486 g/mol. The summed E-state index contributed by atoms with van der Waals surface area (Å²) in [5.74, 6) is 2.00. The molecule has 33 heavy (non-hydrogen) atoms. The molecule has 0 atom stereocenters. The van der Waals surface area contributed by atoms with Gasteiger partial charge in [-0.05, 0) is 47.8 Å². The molecule has 5 rings (SSSR count). The highest BCUT2D eigenvalue weighted by Gasteiger charge is 2.29. The number of nitrogens with zero attached hydrogens (tertiary/aromatic N) is 3. The van der Waals surface area contributed by atoms with Crippen molar-refractivity contribution in [2.75, 3.05) is 24.6 Å². The summed E-state index contributed by atoms with van der Waals surface area (Å²) in [7, 11) is -2.47. The summed E-state index contributed by atoms with van der Waals surface area (Å²) in [6.45, 7) is 0.620. The molecule has 0 aliphatic carbocycles. The molecule has 0 N–H and O–H groups in total. The summed E-state index contributed by atoms with van der Waals surface area (Å²) in [5, 5.41) is 10.0. The second kappa shape index (κ2) is 8.75. The lowest BCUT2D eigenvalue weighted by molar-refractivity contribution is 0.171. The van der Waals surface area contributed by atoms with E-state index in [1.807, 2.05) is 17.5 Å². The zero-order valence-corrected chi connectivity index (χ0v) is 19.1. The Bertz CT molecular complexity index is 1350. The van der Waals surface area contributed by atoms with E-state index in [1.165, 1.54) is 27.8 Å². The number of thiophene rings is 1. The van der Waals surface area contributed by atoms with Gasteiger partial charge in [-0.1, -0.05) is 6.07 Å². The molecule has 0 amide bonds. The molecule has 9 nitrogen and oxygen atoms in total. The number of aromatic nitrogens is 2. The predicted octanol–water partition coefficient (Wildman–Crippen LogP) is 3.97. The van der Waals surface area contributed by atoms with E-state index < -0.39 is 10.0 Å². The zero-order valence-electron chi connectivity index (χ0n) is 17.5. The molecule has 0 saturated heterocycles. The molecule has 4 aromatic rings. The molecule has 0 radical (unpaired) electrons. The second-order valence-electron chi connectivity index (χ2n) is 6.99. The Hall–Kier alpha value is -3.57. The summed E-state index contributed by atoms with van der Waals surface area (Å²) in [6.07, 6.45) is 0. The Kier molecular flexibility index (Phi) is 5.65. The standard InChI is InChI=1S/C22H19N3O6S2/c1-28-16-6-4-15(5-7-16)25(14-21-23-24-22(31-21)20-3-2-12-32-20)33(26,27)17-8-9-18-19(13-17)30-11-10-29-18/h2-9,12-13H,10-11,14H2,1H3. The zero-order chi connectivity index (χ0) is 22.8. The minimum absolute atomic E-state index is 0.0561. The molecule has 170 valence electrons. The topological polar surface area (TPSA) is 104 Å². The number of sulfonamides is 1. The van der Waals surface area contributed by atoms with Gasteiger partial charge in [0.1, 0.15) is 25.5 Å². The van der Waals surface area contributed by atoms with Crippen LogP contribution in [0.1, 0.15) is 5.89 Å². The third kappa shape index (κ3) is 4.24. The number of anilines is 1. The minimum Gasteiger partial charge on any atom is -0.497 e. The molecule has 1 aliphatic rings. The van der Waals surface area contributed by atoms with Crippen molar-refractivity contribution in [3.8, 4) is 28.0 Å². The van der Waals surface area contributed by atoms with E-state index in [0.717, 1.165) is 4.88 Å². The highest BCUT2D eigenvalue weighted by atomic mass is 32.2. The van der Waals surface area contributed by atoms with Gasteiger partial charge in [0.05, 0.1) is 22.6 Å². The van der Waals surface area contributed by atoms with Crippen LogP contribution in [0.3, 0.4) is 0 Å². The maximum absolute atomic E-state index is 13.7. The lowest BCUT2D eigenvalue weighted by Gasteiger charge is -2.24. The van der Waals surface area contributed by atoms with Crippen molar-refractivity contribution in [2.24, 2.45) is 0 Å². The lowest BCUT2D eigenvalue weighted by atomic mass is 10.3. The fourth-order valence-corrected chi connectivity index (χ4v) is 5.39. The van der Waals surface area contributed by atoms with E-state index in [4.69, 9.17) is 18.6 Å². The van der Waals surface area contributed by atoms with E-state index >= 15 is 0 Å². The van der Waals surface area contributed by atoms with E-state index in [1.54, 1.807) is 37.4 Å². The van der Waals surface area contributed by atoms with Gasteiger partial charge in [-0.15, -0.1) is 21.5 Å². The Labute approximate surface area is 194 Å². The Morgan fingerprint density at radius 2 is 1.82 bits per heavy atom. The lowest BCUT2D eigenvalue weighted by Crippen LogP contribution is -2.31. The normalized spacial score (nSPS) is 13.0. The van der Waals surface area contributed by atoms with Gasteiger partial charge in [0.25, 0.3) is 15.9 Å². The Balaban J connectivity index is 1.53. The van der Waals surface area contributed by atoms with Crippen molar-refractivity contribution in [1.82, 2.24) is 10.2 Å². The van der Waals surface area contributed by atoms with Crippen LogP contribution in [0.15, 0.2) is 69.3 Å². The van der Waals surface area contributed by atoms with Crippen LogP contribution in [0.2, 0.25) is 0 Å². The molecule has 1 aliphatic heterocycles. The van der Waals surface area contributed by atoms with Crippen molar-refractivity contribution >= 4 is 27.0 Å². The van der Waals surface area contributed by atoms with E-state index in [2.05, 4.69) is 10.2 Å². The van der Waals surface area contributed by atoms with Crippen molar-refractivity contribution in [1.29, 1.82) is 0 Å². The number of ether oxygens (including phenoxy) is 3. The number of hydrogen-bond acceptors (Lipinski definition) is 9. The summed E-state index contributed by atoms with van der Waals surface area (Å²) in [4.78, 5) is 0.861. The Morgan fingerprint density at radius 1 is 1.03 bits per heavy atom. The van der Waals surface area contributed by atoms with Gasteiger partial charge in [0, 0.05) is 6.07 Å². The Morgan fingerprint density at radius 3 is 2.55 bits per heavy atom. The molecule has 0 unspecified atom stereocenters. The van der Waals surface area contributed by atoms with Crippen LogP contribution in [-0.4, -0.2) is 38.9 Å². The maximum atomic E-state index is 13.7. The summed E-state index contributed by atoms with van der Waals surface area (Å²) in [6, 6.07) is 15.0. The predicted molar refractivity (Wildman–Crippen MR) is 121 cm³/mol. The SMILES string of the molecule is COc1ccc(N(Cc2nnc(-c3cccs3)o2)S(=O)(=O)c2ccc3c(c2)OCCO3)cc1. The monoisotopic (exact) mass is 485 g/mol. The first-order valence-corrected chi connectivity index (χ1v) is 12.3. The van der Waals surface area contributed by atoms with E-state index in [0.29, 0.717) is 42.0 Å². The van der Waals surface area contributed by atoms with Crippen LogP contribution in [0, 0.1) is 0 Å². The molecule has 2 aromatic carbocycles. The van der Waals surface area contributed by atoms with Gasteiger partial charge in [0.15, 0.2) is 11.5 Å². The highest BCUT2D eigenvalue weighted by molar-refractivity contribution is 7.92. The first kappa shape index (κ1) is 21.3. The number of fused-ring (bicyclic) bond motifs is 1. The first-order chi connectivity index (χ1) is 16.0. The van der Waals surface area contributed by atoms with Gasteiger partial charge in [0.2, 0.25) is 5.89 Å². The maximum Gasteiger partial charge on any atom is 0.264 e. The molecule has 0 spiro atoms. The van der Waals surface area contributed by atoms with Crippen LogP contribution in [0.25, 0.3) is 10.8 Å². The number of rotatable bonds is 7. The smallest absolute Gasteiger partial charge is 0.264 e. The quantitative estimate of drug-likeness (QED) is 0.387. The van der Waals surface area contributed by atoms with Gasteiger partial charge in [-0.3, -0.25) is 4.31 Å². The van der Waals surface area contributed by atoms with Crippen LogP contribution in [0.5, 0.6) is 17.2 Å². The molecule has 0 bridgehead atoms. The van der Waals surface area contributed by atoms with Gasteiger partial charge in [-0.2, -0.15) is 0 Å². The summed E-state index contributed by atoms with van der Waals surface area (Å²) >= 11 is 1.46. The molecule has 2 aromatic heterocycles. The summed E-state index contributed by atoms with van der Waals surface area (Å²) < 4.78 is 50.7. The van der Waals surface area contributed by atoms with Gasteiger partial charge < -0.3 is 18.6 Å². The molecule has 0 fully saturated rings. The molecular formula is C22H19N3O6S2. The van der Waals surface area contributed by atoms with Crippen molar-refractivity contribution < 1.29 is 27.0 Å². The van der Waals surface area contributed by atoms with Crippen LogP contribution in [-0.2, 0) is 16.6 Å². The van der Waals surface area contributed by atoms with Gasteiger partial charge >= 0.3 is 0 Å². The van der Waals surface area contributed by atoms with Crippen molar-refractivity contribution in [3.05, 3.63) is 65.9 Å². The molecule has 11 heteroatoms. The van der Waals surface area contributed by atoms with Crippen molar-refractivity contribution in [2.45, 2.75) is 11.4 Å². The number of benzene rings is 2. The molecule has 3 heterocycles. The largest absolute Gasteiger partial charge is 0.497 e. The van der Waals surface area contributed by atoms with Crippen LogP contribution >= 0.6 is 11.3 Å². The second-order valence-corrected chi connectivity index (χ2v) is 9.80. The van der Waals surface area contributed by atoms with E-state index in [-0.39, 0.29) is 17.3 Å². The third-order valence-electron chi connectivity index (χ3n) is 4.94. The molecule has 0 saturated carbocycles. The summed E-state index contributed by atoms with van der Waals surface area (Å²) in [5.41, 5.74) is 0.418. The van der Waals surface area contributed by atoms with E-state index in [9.17, 15) is 8.42 Å². The van der Waals surface area contributed by atoms with Crippen LogP contribution < -0.4 is 18.5 Å². The minimum atomic E-state index is -4.02. The first-order valence-electron chi connectivity index (χ1n) is 9.97.